The Morgan fingerprint density at radius 2 is 1.92 bits per heavy atom. The van der Waals surface area contributed by atoms with Gasteiger partial charge in [0, 0.05) is 32.1 Å². The number of carbonyl (C=O) groups excluding carboxylic acids is 2. The summed E-state index contributed by atoms with van der Waals surface area (Å²) in [6, 6.07) is 0.665. The molecule has 0 aromatic rings. The minimum atomic E-state index is 0.135. The zero-order chi connectivity index (χ0) is 17.6. The van der Waals surface area contributed by atoms with Crippen LogP contribution in [0, 0.1) is 0 Å². The fourth-order valence-electron chi connectivity index (χ4n) is 4.80. The topological polar surface area (TPSA) is 52.7 Å². The second kappa shape index (κ2) is 8.84. The summed E-state index contributed by atoms with van der Waals surface area (Å²) in [5.41, 5.74) is 1.51. The van der Waals surface area contributed by atoms with E-state index in [-0.39, 0.29) is 11.8 Å². The zero-order valence-electron chi connectivity index (χ0n) is 15.6. The fourth-order valence-corrected chi connectivity index (χ4v) is 4.80. The molecule has 2 atom stereocenters. The molecule has 0 spiro atoms. The summed E-state index contributed by atoms with van der Waals surface area (Å²) in [6.07, 6.45) is 12.8. The smallest absolute Gasteiger partial charge is 0.234 e. The SMILES string of the molecule is CC(=O)N1CCCC1C1CCCN1CC(=O)NCCC1=CCCCC1. The summed E-state index contributed by atoms with van der Waals surface area (Å²) in [6.45, 7) is 4.76. The van der Waals surface area contributed by atoms with Crippen LogP contribution in [-0.2, 0) is 9.59 Å². The number of likely N-dealkylation sites (tertiary alicyclic amines) is 2. The molecule has 0 aromatic carbocycles. The van der Waals surface area contributed by atoms with E-state index in [9.17, 15) is 9.59 Å². The average Bonchev–Trinajstić information content (AvgIpc) is 3.24. The van der Waals surface area contributed by atoms with Gasteiger partial charge < -0.3 is 10.2 Å². The molecule has 2 saturated heterocycles. The van der Waals surface area contributed by atoms with Crippen LogP contribution in [0.4, 0.5) is 0 Å². The van der Waals surface area contributed by atoms with Crippen LogP contribution in [-0.4, -0.2) is 59.9 Å². The number of allylic oxidation sites excluding steroid dienone is 1. The summed E-state index contributed by atoms with van der Waals surface area (Å²) in [7, 11) is 0. The molecule has 0 saturated carbocycles. The highest BCUT2D eigenvalue weighted by Gasteiger charge is 2.39. The first-order valence-electron chi connectivity index (χ1n) is 10.1. The molecule has 0 aromatic heterocycles. The number of nitrogens with zero attached hydrogens (tertiary/aromatic N) is 2. The van der Waals surface area contributed by atoms with Crippen LogP contribution in [0.15, 0.2) is 11.6 Å². The van der Waals surface area contributed by atoms with Crippen LogP contribution in [0.2, 0.25) is 0 Å². The van der Waals surface area contributed by atoms with Crippen molar-refractivity contribution in [2.24, 2.45) is 0 Å². The van der Waals surface area contributed by atoms with Gasteiger partial charge in [-0.1, -0.05) is 11.6 Å². The molecule has 0 bridgehead atoms. The summed E-state index contributed by atoms with van der Waals surface area (Å²) in [5, 5.41) is 3.10. The molecule has 2 aliphatic heterocycles. The number of rotatable bonds is 6. The molecule has 2 heterocycles. The summed E-state index contributed by atoms with van der Waals surface area (Å²) in [4.78, 5) is 28.6. The second-order valence-corrected chi connectivity index (χ2v) is 7.81. The first-order valence-corrected chi connectivity index (χ1v) is 10.1. The number of hydrogen-bond donors (Lipinski definition) is 1. The fraction of sp³-hybridized carbons (Fsp3) is 0.800. The summed E-state index contributed by atoms with van der Waals surface area (Å²) in [5.74, 6) is 0.315. The van der Waals surface area contributed by atoms with Crippen molar-refractivity contribution in [3.63, 3.8) is 0 Å². The molecular formula is C20H33N3O2. The molecule has 2 fully saturated rings. The van der Waals surface area contributed by atoms with E-state index < -0.39 is 0 Å². The molecule has 1 N–H and O–H groups in total. The third kappa shape index (κ3) is 4.84. The number of carbonyl (C=O) groups is 2. The lowest BCUT2D eigenvalue weighted by Gasteiger charge is -2.34. The molecule has 2 amide bonds. The van der Waals surface area contributed by atoms with E-state index in [2.05, 4.69) is 16.3 Å². The van der Waals surface area contributed by atoms with Crippen LogP contribution in [0.5, 0.6) is 0 Å². The Hall–Kier alpha value is -1.36. The second-order valence-electron chi connectivity index (χ2n) is 7.81. The van der Waals surface area contributed by atoms with Crippen molar-refractivity contribution < 1.29 is 9.59 Å². The molecule has 25 heavy (non-hydrogen) atoms. The molecule has 3 aliphatic rings. The van der Waals surface area contributed by atoms with Crippen molar-refractivity contribution in [1.29, 1.82) is 0 Å². The van der Waals surface area contributed by atoms with Gasteiger partial charge in [-0.2, -0.15) is 0 Å². The van der Waals surface area contributed by atoms with Crippen LogP contribution >= 0.6 is 0 Å². The van der Waals surface area contributed by atoms with Crippen molar-refractivity contribution in [3.8, 4) is 0 Å². The van der Waals surface area contributed by atoms with Gasteiger partial charge in [-0.3, -0.25) is 14.5 Å². The van der Waals surface area contributed by atoms with E-state index >= 15 is 0 Å². The summed E-state index contributed by atoms with van der Waals surface area (Å²) < 4.78 is 0. The lowest BCUT2D eigenvalue weighted by atomic mass is 9.97. The molecule has 3 rings (SSSR count). The lowest BCUT2D eigenvalue weighted by molar-refractivity contribution is -0.130. The maximum Gasteiger partial charge on any atom is 0.234 e. The monoisotopic (exact) mass is 347 g/mol. The number of nitrogens with one attached hydrogen (secondary N) is 1. The Kier molecular flexibility index (Phi) is 6.51. The highest BCUT2D eigenvalue weighted by atomic mass is 16.2. The van der Waals surface area contributed by atoms with E-state index in [0.717, 1.165) is 51.7 Å². The number of hydrogen-bond acceptors (Lipinski definition) is 3. The van der Waals surface area contributed by atoms with Crippen molar-refractivity contribution in [2.45, 2.75) is 76.8 Å². The van der Waals surface area contributed by atoms with Gasteiger partial charge in [-0.25, -0.2) is 0 Å². The van der Waals surface area contributed by atoms with Gasteiger partial charge >= 0.3 is 0 Å². The van der Waals surface area contributed by atoms with Gasteiger partial charge in [0.15, 0.2) is 0 Å². The first kappa shape index (κ1) is 18.4. The van der Waals surface area contributed by atoms with Crippen LogP contribution in [0.25, 0.3) is 0 Å². The largest absolute Gasteiger partial charge is 0.355 e. The van der Waals surface area contributed by atoms with E-state index in [1.807, 2.05) is 4.90 Å². The van der Waals surface area contributed by atoms with Crippen LogP contribution in [0.1, 0.15) is 64.7 Å². The summed E-state index contributed by atoms with van der Waals surface area (Å²) >= 11 is 0. The quantitative estimate of drug-likeness (QED) is 0.751. The molecule has 2 unspecified atom stereocenters. The molecule has 5 heteroatoms. The Morgan fingerprint density at radius 3 is 2.68 bits per heavy atom. The van der Waals surface area contributed by atoms with Gasteiger partial charge in [0.2, 0.25) is 11.8 Å². The molecule has 140 valence electrons. The van der Waals surface area contributed by atoms with Crippen molar-refractivity contribution in [2.75, 3.05) is 26.2 Å². The van der Waals surface area contributed by atoms with Gasteiger partial charge in [-0.15, -0.1) is 0 Å². The third-order valence-corrected chi connectivity index (χ3v) is 6.06. The van der Waals surface area contributed by atoms with E-state index in [1.54, 1.807) is 6.92 Å². The lowest BCUT2D eigenvalue weighted by Crippen LogP contribution is -2.50. The normalized spacial score (nSPS) is 27.4. The van der Waals surface area contributed by atoms with Crippen LogP contribution < -0.4 is 5.32 Å². The standard InChI is InChI=1S/C20H33N3O2/c1-16(24)23-14-6-10-19(23)18-9-5-13-22(18)15-20(25)21-12-11-17-7-3-2-4-8-17/h7,18-19H,2-6,8-15H2,1H3,(H,21,25). The average molecular weight is 348 g/mol. The Labute approximate surface area is 151 Å². The molecule has 0 radical (unpaired) electrons. The Balaban J connectivity index is 1.45. The highest BCUT2D eigenvalue weighted by molar-refractivity contribution is 5.78. The molecule has 1 aliphatic carbocycles. The van der Waals surface area contributed by atoms with Gasteiger partial charge in [-0.05, 0) is 64.3 Å². The first-order chi connectivity index (χ1) is 12.1. The molecular weight excluding hydrogens is 314 g/mol. The van der Waals surface area contributed by atoms with Gasteiger partial charge in [0.25, 0.3) is 0 Å². The number of amides is 2. The maximum absolute atomic E-state index is 12.4. The highest BCUT2D eigenvalue weighted by Crippen LogP contribution is 2.29. The van der Waals surface area contributed by atoms with E-state index in [0.29, 0.717) is 18.6 Å². The van der Waals surface area contributed by atoms with Gasteiger partial charge in [0.1, 0.15) is 0 Å². The zero-order valence-corrected chi connectivity index (χ0v) is 15.6. The van der Waals surface area contributed by atoms with Crippen molar-refractivity contribution >= 4 is 11.8 Å². The molecule has 5 nitrogen and oxygen atoms in total. The third-order valence-electron chi connectivity index (χ3n) is 6.06. The predicted molar refractivity (Wildman–Crippen MR) is 99.2 cm³/mol. The Bertz CT molecular complexity index is 517. The predicted octanol–water partition coefficient (Wildman–Crippen LogP) is 2.47. The van der Waals surface area contributed by atoms with E-state index in [1.165, 1.54) is 31.3 Å². The van der Waals surface area contributed by atoms with E-state index in [4.69, 9.17) is 0 Å². The Morgan fingerprint density at radius 1 is 1.12 bits per heavy atom. The minimum absolute atomic E-state index is 0.135. The minimum Gasteiger partial charge on any atom is -0.355 e. The van der Waals surface area contributed by atoms with Gasteiger partial charge in [0.05, 0.1) is 6.54 Å². The van der Waals surface area contributed by atoms with Crippen LogP contribution in [0.3, 0.4) is 0 Å². The van der Waals surface area contributed by atoms with Crippen molar-refractivity contribution in [3.05, 3.63) is 11.6 Å². The maximum atomic E-state index is 12.4. The van der Waals surface area contributed by atoms with Crippen molar-refractivity contribution in [1.82, 2.24) is 15.1 Å².